The van der Waals surface area contributed by atoms with Crippen LogP contribution in [0.1, 0.15) is 46.1 Å². The molecule has 0 aliphatic rings. The first-order valence-corrected chi connectivity index (χ1v) is 9.95. The molecule has 1 heterocycles. The zero-order chi connectivity index (χ0) is 19.7. The molecule has 0 atom stereocenters. The summed E-state index contributed by atoms with van der Waals surface area (Å²) in [7, 11) is 0. The van der Waals surface area contributed by atoms with E-state index < -0.39 is 0 Å². The Labute approximate surface area is 187 Å². The van der Waals surface area contributed by atoms with Crippen LogP contribution in [0.25, 0.3) is 0 Å². The number of nitrogens with one attached hydrogen (secondary N) is 2. The molecule has 1 rings (SSSR count). The van der Waals surface area contributed by atoms with Crippen LogP contribution < -0.4 is 15.4 Å². The minimum atomic E-state index is 0. The van der Waals surface area contributed by atoms with Crippen LogP contribution >= 0.6 is 24.0 Å². The fourth-order valence-electron chi connectivity index (χ4n) is 2.14. The van der Waals surface area contributed by atoms with Crippen molar-refractivity contribution in [1.82, 2.24) is 15.6 Å². The minimum Gasteiger partial charge on any atom is -0.475 e. The largest absolute Gasteiger partial charge is 0.475 e. The Morgan fingerprint density at radius 3 is 2.43 bits per heavy atom. The van der Waals surface area contributed by atoms with E-state index in [-0.39, 0.29) is 30.1 Å². The summed E-state index contributed by atoms with van der Waals surface area (Å²) in [6.07, 6.45) is 4.18. The van der Waals surface area contributed by atoms with E-state index in [1.165, 1.54) is 0 Å². The summed E-state index contributed by atoms with van der Waals surface area (Å²) in [4.78, 5) is 8.88. The van der Waals surface area contributed by atoms with Gasteiger partial charge >= 0.3 is 0 Å². The molecule has 0 aliphatic carbocycles. The molecule has 0 aliphatic heterocycles. The van der Waals surface area contributed by atoms with Gasteiger partial charge in [-0.2, -0.15) is 0 Å². The highest BCUT2D eigenvalue weighted by Gasteiger charge is 2.01. The molecule has 28 heavy (non-hydrogen) atoms. The van der Waals surface area contributed by atoms with Crippen molar-refractivity contribution in [3.05, 3.63) is 23.9 Å². The van der Waals surface area contributed by atoms with E-state index >= 15 is 0 Å². The molecule has 7 nitrogen and oxygen atoms in total. The highest BCUT2D eigenvalue weighted by atomic mass is 127. The van der Waals surface area contributed by atoms with Gasteiger partial charge in [-0.05, 0) is 32.8 Å². The number of ether oxygens (including phenoxy) is 3. The predicted octanol–water partition coefficient (Wildman–Crippen LogP) is 3.38. The van der Waals surface area contributed by atoms with Crippen molar-refractivity contribution < 1.29 is 14.2 Å². The summed E-state index contributed by atoms with van der Waals surface area (Å²) in [5.74, 6) is 1.40. The van der Waals surface area contributed by atoms with Crippen LogP contribution in [-0.4, -0.2) is 56.6 Å². The number of unbranched alkanes of at least 4 members (excludes halogenated alkanes) is 1. The van der Waals surface area contributed by atoms with Crippen LogP contribution in [0.5, 0.6) is 5.88 Å². The van der Waals surface area contributed by atoms with Crippen LogP contribution in [0.15, 0.2) is 23.3 Å². The molecule has 0 spiro atoms. The Bertz CT molecular complexity index is 513. The number of nitrogens with zero attached hydrogens (tertiary/aromatic N) is 2. The number of rotatable bonds is 14. The highest BCUT2D eigenvalue weighted by Crippen LogP contribution is 2.10. The lowest BCUT2D eigenvalue weighted by Crippen LogP contribution is -2.39. The van der Waals surface area contributed by atoms with Gasteiger partial charge in [0.25, 0.3) is 0 Å². The highest BCUT2D eigenvalue weighted by molar-refractivity contribution is 14.0. The van der Waals surface area contributed by atoms with Gasteiger partial charge in [0.2, 0.25) is 5.88 Å². The second kappa shape index (κ2) is 17.9. The van der Waals surface area contributed by atoms with Crippen molar-refractivity contribution in [3.8, 4) is 5.88 Å². The van der Waals surface area contributed by atoms with Gasteiger partial charge < -0.3 is 24.8 Å². The lowest BCUT2D eigenvalue weighted by molar-refractivity contribution is 0.0487. The van der Waals surface area contributed by atoms with Crippen molar-refractivity contribution in [3.63, 3.8) is 0 Å². The number of aromatic nitrogens is 1. The third-order valence-electron chi connectivity index (χ3n) is 3.47. The van der Waals surface area contributed by atoms with Crippen LogP contribution in [0.3, 0.4) is 0 Å². The fourth-order valence-corrected chi connectivity index (χ4v) is 2.14. The normalized spacial score (nSPS) is 11.2. The Balaban J connectivity index is 0.00000729. The van der Waals surface area contributed by atoms with Gasteiger partial charge in [0, 0.05) is 32.0 Å². The number of aliphatic imine (C=N–C) groups is 1. The van der Waals surface area contributed by atoms with Crippen molar-refractivity contribution in [2.45, 2.75) is 53.2 Å². The molecule has 0 bridgehead atoms. The minimum absolute atomic E-state index is 0. The maximum Gasteiger partial charge on any atom is 0.213 e. The third-order valence-corrected chi connectivity index (χ3v) is 3.47. The zero-order valence-corrected chi connectivity index (χ0v) is 20.0. The molecular formula is C20H37IN4O3. The van der Waals surface area contributed by atoms with E-state index in [4.69, 9.17) is 14.2 Å². The van der Waals surface area contributed by atoms with Crippen LogP contribution in [0.2, 0.25) is 0 Å². The zero-order valence-electron chi connectivity index (χ0n) is 17.7. The SMILES string of the molecule is CCCCOCCOCCNC(=NCc1ccc(OC(C)C)nc1)NCC.I. The predicted molar refractivity (Wildman–Crippen MR) is 125 cm³/mol. The van der Waals surface area contributed by atoms with Crippen LogP contribution in [0, 0.1) is 0 Å². The average Bonchev–Trinajstić information content (AvgIpc) is 2.65. The van der Waals surface area contributed by atoms with E-state index in [0.717, 1.165) is 37.5 Å². The molecule has 0 fully saturated rings. The van der Waals surface area contributed by atoms with Crippen molar-refractivity contribution >= 4 is 29.9 Å². The summed E-state index contributed by atoms with van der Waals surface area (Å²) in [5.41, 5.74) is 1.03. The molecule has 0 aromatic carbocycles. The number of pyridine rings is 1. The van der Waals surface area contributed by atoms with Crippen molar-refractivity contribution in [2.24, 2.45) is 4.99 Å². The molecule has 8 heteroatoms. The first kappa shape index (κ1) is 26.9. The van der Waals surface area contributed by atoms with Gasteiger partial charge in [-0.25, -0.2) is 9.98 Å². The maximum absolute atomic E-state index is 5.56. The number of halogens is 1. The van der Waals surface area contributed by atoms with Gasteiger partial charge in [-0.15, -0.1) is 24.0 Å². The quantitative estimate of drug-likeness (QED) is 0.174. The average molecular weight is 508 g/mol. The molecule has 0 saturated carbocycles. The van der Waals surface area contributed by atoms with E-state index in [0.29, 0.717) is 38.8 Å². The summed E-state index contributed by atoms with van der Waals surface area (Å²) in [5, 5.41) is 6.50. The van der Waals surface area contributed by atoms with Crippen LogP contribution in [0.4, 0.5) is 0 Å². The Hall–Kier alpha value is -1.13. The van der Waals surface area contributed by atoms with Crippen molar-refractivity contribution in [2.75, 3.05) is 39.5 Å². The van der Waals surface area contributed by atoms with Gasteiger partial charge in [0.1, 0.15) is 0 Å². The first-order chi connectivity index (χ1) is 13.2. The molecule has 2 N–H and O–H groups in total. The topological polar surface area (TPSA) is 77.0 Å². The second-order valence-electron chi connectivity index (χ2n) is 6.37. The Kier molecular flexibility index (Phi) is 17.2. The fraction of sp³-hybridized carbons (Fsp3) is 0.700. The van der Waals surface area contributed by atoms with E-state index in [2.05, 4.69) is 27.5 Å². The van der Waals surface area contributed by atoms with Gasteiger partial charge in [-0.1, -0.05) is 19.4 Å². The van der Waals surface area contributed by atoms with Gasteiger partial charge in [-0.3, -0.25) is 0 Å². The van der Waals surface area contributed by atoms with E-state index in [9.17, 15) is 0 Å². The summed E-state index contributed by atoms with van der Waals surface area (Å²) in [6.45, 7) is 12.9. The van der Waals surface area contributed by atoms with E-state index in [1.54, 1.807) is 6.20 Å². The molecule has 0 saturated heterocycles. The van der Waals surface area contributed by atoms with Crippen LogP contribution in [-0.2, 0) is 16.0 Å². The summed E-state index contributed by atoms with van der Waals surface area (Å²) in [6, 6.07) is 3.86. The first-order valence-electron chi connectivity index (χ1n) is 9.95. The molecular weight excluding hydrogens is 471 g/mol. The maximum atomic E-state index is 5.56. The smallest absolute Gasteiger partial charge is 0.213 e. The Morgan fingerprint density at radius 1 is 1.07 bits per heavy atom. The molecule has 162 valence electrons. The molecule has 0 radical (unpaired) electrons. The molecule has 0 unspecified atom stereocenters. The number of guanidine groups is 1. The lowest BCUT2D eigenvalue weighted by atomic mass is 10.3. The molecule has 1 aromatic heterocycles. The van der Waals surface area contributed by atoms with E-state index in [1.807, 2.05) is 32.9 Å². The van der Waals surface area contributed by atoms with Gasteiger partial charge in [0.05, 0.1) is 32.5 Å². The monoisotopic (exact) mass is 508 g/mol. The number of hydrogen-bond donors (Lipinski definition) is 2. The second-order valence-corrected chi connectivity index (χ2v) is 6.37. The summed E-state index contributed by atoms with van der Waals surface area (Å²) >= 11 is 0. The lowest BCUT2D eigenvalue weighted by Gasteiger charge is -2.12. The third kappa shape index (κ3) is 14.0. The van der Waals surface area contributed by atoms with Gasteiger partial charge in [0.15, 0.2) is 5.96 Å². The molecule has 1 aromatic rings. The Morgan fingerprint density at radius 2 is 1.82 bits per heavy atom. The number of hydrogen-bond acceptors (Lipinski definition) is 5. The summed E-state index contributed by atoms with van der Waals surface area (Å²) < 4.78 is 16.6. The van der Waals surface area contributed by atoms with Crippen molar-refractivity contribution in [1.29, 1.82) is 0 Å². The molecule has 0 amide bonds. The standard InChI is InChI=1S/C20H36N4O3.HI/c1-5-7-11-25-13-14-26-12-10-22-20(21-6-2)24-16-18-8-9-19(23-15-18)27-17(3)4;/h8-9,15,17H,5-7,10-14,16H2,1-4H3,(H2,21,22,24);1H.